The molecule has 0 spiro atoms. The molecule has 2 heteroatoms. The highest BCUT2D eigenvalue weighted by atomic mass is 32.2. The first-order chi connectivity index (χ1) is 19.2. The largest absolute Gasteiger partial charge is 0.222 e. The molecule has 212 valence electrons. The van der Waals surface area contributed by atoms with Crippen molar-refractivity contribution in [3.63, 3.8) is 0 Å². The zero-order valence-electron chi connectivity index (χ0n) is 26.8. The Morgan fingerprint density at radius 3 is 2.20 bits per heavy atom. The van der Waals surface area contributed by atoms with Crippen LogP contribution in [0.1, 0.15) is 77.6 Å². The SMILES string of the molecule is Cc1c2c(c(CC(C)(C)C)c3ccc(CC(C)(C)C)cc13)Sc1cc3c(CC(C)C)cccc3c3cc[n+](C)c-2c13. The molecule has 1 aliphatic heterocycles. The molecule has 0 N–H and O–H groups in total. The molecule has 1 nitrogen and oxygen atoms in total. The second-order valence-electron chi connectivity index (χ2n) is 15.3. The zero-order valence-corrected chi connectivity index (χ0v) is 27.6. The molecule has 0 atom stereocenters. The highest BCUT2D eigenvalue weighted by Gasteiger charge is 2.33. The third kappa shape index (κ3) is 5.07. The topological polar surface area (TPSA) is 3.88 Å². The van der Waals surface area contributed by atoms with Crippen LogP contribution < -0.4 is 4.57 Å². The van der Waals surface area contributed by atoms with Crippen LogP contribution in [0.3, 0.4) is 0 Å². The maximum absolute atomic E-state index is 2.51. The molecule has 41 heavy (non-hydrogen) atoms. The first kappa shape index (κ1) is 28.3. The quantitative estimate of drug-likeness (QED) is 0.153. The Hall–Kier alpha value is -2.84. The van der Waals surface area contributed by atoms with Crippen molar-refractivity contribution in [2.45, 2.75) is 91.4 Å². The summed E-state index contributed by atoms with van der Waals surface area (Å²) < 4.78 is 2.38. The molecule has 1 aliphatic rings. The summed E-state index contributed by atoms with van der Waals surface area (Å²) >= 11 is 2.02. The summed E-state index contributed by atoms with van der Waals surface area (Å²) in [5, 5.41) is 8.45. The molecule has 1 aromatic heterocycles. The zero-order chi connectivity index (χ0) is 29.4. The molecule has 0 saturated carbocycles. The molecule has 0 bridgehead atoms. The van der Waals surface area contributed by atoms with Gasteiger partial charge in [-0.15, -0.1) is 0 Å². The standard InChI is InChI=1S/C39H46NS/c1-23(2)18-26-12-11-13-27-29-16-17-40(10)36-34-24(3)30-19-25(21-38(4,5)6)14-15-28(30)32(22-39(7,8)9)37(34)41-33(35(29)36)20-31(26)27/h11-17,19-20,23H,18,21-22H2,1-10H3/q+1. The van der Waals surface area contributed by atoms with Gasteiger partial charge >= 0.3 is 0 Å². The van der Waals surface area contributed by atoms with Crippen LogP contribution >= 0.6 is 11.8 Å². The molecule has 0 aliphatic carbocycles. The number of benzene rings is 4. The second kappa shape index (κ2) is 9.87. The molecule has 0 amide bonds. The van der Waals surface area contributed by atoms with Gasteiger partial charge in [-0.25, -0.2) is 4.57 Å². The van der Waals surface area contributed by atoms with Gasteiger partial charge in [0.2, 0.25) is 5.69 Å². The number of fused-ring (bicyclic) bond motifs is 5. The van der Waals surface area contributed by atoms with E-state index in [0.717, 1.165) is 19.3 Å². The van der Waals surface area contributed by atoms with Crippen molar-refractivity contribution < 1.29 is 4.57 Å². The van der Waals surface area contributed by atoms with E-state index in [1.54, 1.807) is 0 Å². The van der Waals surface area contributed by atoms with Gasteiger partial charge in [0.05, 0.1) is 10.9 Å². The fourth-order valence-corrected chi connectivity index (χ4v) is 8.38. The Kier molecular flexibility index (Phi) is 6.81. The minimum Gasteiger partial charge on any atom is -0.200 e. The van der Waals surface area contributed by atoms with E-state index in [1.807, 2.05) is 11.8 Å². The Balaban J connectivity index is 1.73. The predicted octanol–water partition coefficient (Wildman–Crippen LogP) is 10.8. The number of pyridine rings is 1. The highest BCUT2D eigenvalue weighted by Crippen LogP contribution is 2.53. The molecule has 0 unspecified atom stereocenters. The summed E-state index contributed by atoms with van der Waals surface area (Å²) in [4.78, 5) is 2.87. The third-order valence-electron chi connectivity index (χ3n) is 8.54. The lowest BCUT2D eigenvalue weighted by Crippen LogP contribution is -2.32. The van der Waals surface area contributed by atoms with Crippen molar-refractivity contribution in [1.29, 1.82) is 0 Å². The van der Waals surface area contributed by atoms with Crippen LogP contribution in [-0.4, -0.2) is 0 Å². The molecular formula is C39H46NS+. The van der Waals surface area contributed by atoms with E-state index in [0.29, 0.717) is 5.92 Å². The molecule has 0 fully saturated rings. The number of aromatic nitrogens is 1. The summed E-state index contributed by atoms with van der Waals surface area (Å²) in [6, 6.07) is 19.1. The predicted molar refractivity (Wildman–Crippen MR) is 179 cm³/mol. The van der Waals surface area contributed by atoms with Crippen LogP contribution in [-0.2, 0) is 26.3 Å². The average Bonchev–Trinajstić information content (AvgIpc) is 2.86. The second-order valence-corrected chi connectivity index (χ2v) is 16.4. The van der Waals surface area contributed by atoms with Gasteiger partial charge in [0.1, 0.15) is 7.05 Å². The van der Waals surface area contributed by atoms with Crippen LogP contribution in [0.5, 0.6) is 0 Å². The van der Waals surface area contributed by atoms with Crippen LogP contribution in [0.15, 0.2) is 64.5 Å². The lowest BCUT2D eigenvalue weighted by molar-refractivity contribution is -0.659. The van der Waals surface area contributed by atoms with Crippen LogP contribution in [0.25, 0.3) is 43.6 Å². The molecule has 5 aromatic rings. The van der Waals surface area contributed by atoms with Gasteiger partial charge in [-0.1, -0.05) is 104 Å². The van der Waals surface area contributed by atoms with Gasteiger partial charge in [-0.05, 0) is 92.8 Å². The number of hydrogen-bond donors (Lipinski definition) is 0. The van der Waals surface area contributed by atoms with Crippen LogP contribution in [0.4, 0.5) is 0 Å². The van der Waals surface area contributed by atoms with Crippen LogP contribution in [0, 0.1) is 23.7 Å². The Bertz CT molecular complexity index is 1840. The van der Waals surface area contributed by atoms with E-state index in [9.17, 15) is 0 Å². The monoisotopic (exact) mass is 560 g/mol. The van der Waals surface area contributed by atoms with E-state index >= 15 is 0 Å². The van der Waals surface area contributed by atoms with Crippen molar-refractivity contribution in [3.8, 4) is 11.3 Å². The van der Waals surface area contributed by atoms with Crippen molar-refractivity contribution in [3.05, 3.63) is 77.0 Å². The van der Waals surface area contributed by atoms with E-state index in [-0.39, 0.29) is 10.8 Å². The first-order valence-electron chi connectivity index (χ1n) is 15.3. The molecular weight excluding hydrogens is 515 g/mol. The van der Waals surface area contributed by atoms with Gasteiger partial charge < -0.3 is 0 Å². The molecule has 4 aromatic carbocycles. The van der Waals surface area contributed by atoms with Crippen molar-refractivity contribution in [2.24, 2.45) is 23.8 Å². The average molecular weight is 561 g/mol. The Morgan fingerprint density at radius 1 is 0.780 bits per heavy atom. The van der Waals surface area contributed by atoms with Gasteiger partial charge in [0.25, 0.3) is 0 Å². The van der Waals surface area contributed by atoms with E-state index in [1.165, 1.54) is 75.6 Å². The van der Waals surface area contributed by atoms with Gasteiger partial charge in [0, 0.05) is 21.2 Å². The fourth-order valence-electron chi connectivity index (χ4n) is 7.02. The van der Waals surface area contributed by atoms with Crippen molar-refractivity contribution >= 4 is 44.1 Å². The fraction of sp³-hybridized carbons (Fsp3) is 0.410. The van der Waals surface area contributed by atoms with E-state index < -0.39 is 0 Å². The molecule has 0 saturated heterocycles. The van der Waals surface area contributed by atoms with E-state index in [4.69, 9.17) is 0 Å². The Labute approximate surface area is 251 Å². The minimum atomic E-state index is 0.183. The first-order valence-corrected chi connectivity index (χ1v) is 16.2. The number of hydrogen-bond acceptors (Lipinski definition) is 1. The maximum atomic E-state index is 2.51. The molecule has 6 rings (SSSR count). The summed E-state index contributed by atoms with van der Waals surface area (Å²) in [5.74, 6) is 0.626. The lowest BCUT2D eigenvalue weighted by atomic mass is 9.81. The Morgan fingerprint density at radius 2 is 1.51 bits per heavy atom. The van der Waals surface area contributed by atoms with Crippen molar-refractivity contribution in [2.75, 3.05) is 0 Å². The van der Waals surface area contributed by atoms with Gasteiger partial charge in [-0.2, -0.15) is 0 Å². The lowest BCUT2D eigenvalue weighted by Gasteiger charge is -2.28. The smallest absolute Gasteiger partial charge is 0.200 e. The normalized spacial score (nSPS) is 13.5. The number of nitrogens with zero attached hydrogens (tertiary/aromatic N) is 1. The maximum Gasteiger partial charge on any atom is 0.222 e. The summed E-state index contributed by atoms with van der Waals surface area (Å²) in [6.07, 6.45) is 5.53. The summed E-state index contributed by atoms with van der Waals surface area (Å²) in [5.41, 5.74) is 9.08. The van der Waals surface area contributed by atoms with Crippen LogP contribution in [0.2, 0.25) is 0 Å². The molecule has 2 heterocycles. The molecule has 0 radical (unpaired) electrons. The minimum absolute atomic E-state index is 0.183. The van der Waals surface area contributed by atoms with E-state index in [2.05, 4.69) is 129 Å². The van der Waals surface area contributed by atoms with Crippen molar-refractivity contribution in [1.82, 2.24) is 0 Å². The number of rotatable bonds is 4. The van der Waals surface area contributed by atoms with Gasteiger partial charge in [-0.3, -0.25) is 0 Å². The number of aryl methyl sites for hydroxylation is 2. The summed E-state index contributed by atoms with van der Waals surface area (Å²) in [6.45, 7) is 21.2. The summed E-state index contributed by atoms with van der Waals surface area (Å²) in [7, 11) is 2.24. The third-order valence-corrected chi connectivity index (χ3v) is 9.74. The van der Waals surface area contributed by atoms with Gasteiger partial charge in [0.15, 0.2) is 6.20 Å². The highest BCUT2D eigenvalue weighted by molar-refractivity contribution is 8.00.